The number of fused-ring (bicyclic) bond motifs is 1. The molecule has 2 heterocycles. The summed E-state index contributed by atoms with van der Waals surface area (Å²) in [5.41, 5.74) is 1.70. The fraction of sp³-hybridized carbons (Fsp3) is 0.0952. The molecule has 30 heavy (non-hydrogen) atoms. The van der Waals surface area contributed by atoms with Crippen LogP contribution in [0.15, 0.2) is 63.9 Å². The van der Waals surface area contributed by atoms with E-state index in [2.05, 4.69) is 10.3 Å². The van der Waals surface area contributed by atoms with Gasteiger partial charge in [0.25, 0.3) is 5.56 Å². The van der Waals surface area contributed by atoms with Gasteiger partial charge < -0.3 is 5.32 Å². The van der Waals surface area contributed by atoms with Crippen molar-refractivity contribution in [1.29, 1.82) is 0 Å². The van der Waals surface area contributed by atoms with Crippen molar-refractivity contribution in [2.75, 3.05) is 11.1 Å². The van der Waals surface area contributed by atoms with E-state index in [1.165, 1.54) is 15.9 Å². The van der Waals surface area contributed by atoms with Gasteiger partial charge in [0.2, 0.25) is 5.91 Å². The Morgan fingerprint density at radius 3 is 2.83 bits per heavy atom. The van der Waals surface area contributed by atoms with Crippen molar-refractivity contribution >= 4 is 44.9 Å². The van der Waals surface area contributed by atoms with E-state index in [0.29, 0.717) is 21.1 Å². The molecule has 9 heteroatoms. The van der Waals surface area contributed by atoms with Crippen LogP contribution in [0.2, 0.25) is 0 Å². The number of thioether (sulfide) groups is 1. The zero-order chi connectivity index (χ0) is 21.3. The molecule has 0 aliphatic heterocycles. The minimum atomic E-state index is -0.732. The number of hydrogen-bond acceptors (Lipinski definition) is 5. The highest BCUT2D eigenvalue weighted by atomic mass is 32.2. The van der Waals surface area contributed by atoms with Crippen LogP contribution in [0.5, 0.6) is 0 Å². The molecule has 2 aromatic carbocycles. The summed E-state index contributed by atoms with van der Waals surface area (Å²) in [6, 6.07) is 12.0. The van der Waals surface area contributed by atoms with Crippen LogP contribution >= 0.6 is 23.1 Å². The van der Waals surface area contributed by atoms with Gasteiger partial charge in [0.15, 0.2) is 5.16 Å². The number of nitrogens with one attached hydrogen (secondary N) is 1. The number of amides is 1. The normalized spacial score (nSPS) is 11.0. The Kier molecular flexibility index (Phi) is 5.65. The van der Waals surface area contributed by atoms with Crippen LogP contribution in [0.1, 0.15) is 5.56 Å². The predicted octanol–water partition coefficient (Wildman–Crippen LogP) is 4.76. The van der Waals surface area contributed by atoms with Crippen molar-refractivity contribution in [3.8, 4) is 5.69 Å². The topological polar surface area (TPSA) is 64.0 Å². The molecule has 4 aromatic rings. The van der Waals surface area contributed by atoms with E-state index in [1.807, 2.05) is 25.1 Å². The third-order valence-corrected chi connectivity index (χ3v) is 6.07. The first-order valence-electron chi connectivity index (χ1n) is 8.87. The number of carbonyl (C=O) groups excluding carboxylic acids is 1. The fourth-order valence-electron chi connectivity index (χ4n) is 2.89. The second-order valence-electron chi connectivity index (χ2n) is 6.47. The van der Waals surface area contributed by atoms with Gasteiger partial charge in [-0.2, -0.15) is 0 Å². The quantitative estimate of drug-likeness (QED) is 0.357. The van der Waals surface area contributed by atoms with E-state index in [-0.39, 0.29) is 17.0 Å². The zero-order valence-corrected chi connectivity index (χ0v) is 17.3. The molecule has 0 atom stereocenters. The molecule has 4 rings (SSSR count). The van der Waals surface area contributed by atoms with Crippen LogP contribution < -0.4 is 10.9 Å². The van der Waals surface area contributed by atoms with Crippen LogP contribution in [0.4, 0.5) is 14.5 Å². The van der Waals surface area contributed by atoms with E-state index in [0.717, 1.165) is 35.5 Å². The van der Waals surface area contributed by atoms with Crippen LogP contribution in [0, 0.1) is 18.6 Å². The Labute approximate surface area is 178 Å². The molecule has 0 bridgehead atoms. The monoisotopic (exact) mass is 443 g/mol. The van der Waals surface area contributed by atoms with Crippen LogP contribution in [0.25, 0.3) is 15.9 Å². The van der Waals surface area contributed by atoms with Gasteiger partial charge in [-0.25, -0.2) is 13.8 Å². The number of rotatable bonds is 5. The van der Waals surface area contributed by atoms with Crippen LogP contribution in [-0.4, -0.2) is 21.2 Å². The minimum absolute atomic E-state index is 0.135. The number of benzene rings is 2. The maximum absolute atomic E-state index is 13.8. The first-order chi connectivity index (χ1) is 14.4. The maximum atomic E-state index is 13.8. The third-order valence-electron chi connectivity index (χ3n) is 4.24. The Balaban J connectivity index is 1.65. The molecule has 1 amide bonds. The second-order valence-corrected chi connectivity index (χ2v) is 8.33. The largest absolute Gasteiger partial charge is 0.323 e. The van der Waals surface area contributed by atoms with Gasteiger partial charge in [-0.15, -0.1) is 11.3 Å². The molecular formula is C21H15F2N3O2S2. The summed E-state index contributed by atoms with van der Waals surface area (Å²) in [4.78, 5) is 29.9. The molecule has 5 nitrogen and oxygen atoms in total. The van der Waals surface area contributed by atoms with E-state index in [1.54, 1.807) is 17.5 Å². The van der Waals surface area contributed by atoms with Gasteiger partial charge in [-0.05, 0) is 48.2 Å². The molecule has 0 aliphatic rings. The molecule has 2 aromatic heterocycles. The Morgan fingerprint density at radius 2 is 2.03 bits per heavy atom. The summed E-state index contributed by atoms with van der Waals surface area (Å²) in [7, 11) is 0. The average molecular weight is 444 g/mol. The lowest BCUT2D eigenvalue weighted by atomic mass is 10.2. The lowest BCUT2D eigenvalue weighted by molar-refractivity contribution is -0.113. The van der Waals surface area contributed by atoms with E-state index < -0.39 is 17.5 Å². The molecule has 0 saturated heterocycles. The molecule has 152 valence electrons. The highest BCUT2D eigenvalue weighted by molar-refractivity contribution is 7.99. The number of thiophene rings is 1. The summed E-state index contributed by atoms with van der Waals surface area (Å²) < 4.78 is 29.1. The zero-order valence-electron chi connectivity index (χ0n) is 15.7. The lowest BCUT2D eigenvalue weighted by Gasteiger charge is -2.13. The second kappa shape index (κ2) is 8.37. The van der Waals surface area contributed by atoms with Crippen molar-refractivity contribution in [2.45, 2.75) is 12.1 Å². The molecular weight excluding hydrogens is 428 g/mol. The summed E-state index contributed by atoms with van der Waals surface area (Å²) in [5, 5.41) is 4.47. The summed E-state index contributed by atoms with van der Waals surface area (Å²) in [6.45, 7) is 1.92. The highest BCUT2D eigenvalue weighted by Crippen LogP contribution is 2.24. The van der Waals surface area contributed by atoms with Crippen molar-refractivity contribution in [3.05, 3.63) is 81.5 Å². The summed E-state index contributed by atoms with van der Waals surface area (Å²) >= 11 is 2.35. The van der Waals surface area contributed by atoms with Gasteiger partial charge in [-0.1, -0.05) is 23.9 Å². The number of anilines is 1. The Hall–Kier alpha value is -3.04. The standard InChI is InChI=1S/C21H15F2N3O2S2/c1-12-3-2-4-14(9-12)26-20(28)19-16(7-8-29-19)25-21(26)30-11-18(27)24-17-10-13(22)5-6-15(17)23/h2-10H,11H2,1H3,(H,24,27). The Morgan fingerprint density at radius 1 is 1.20 bits per heavy atom. The number of aryl methyl sites for hydroxylation is 1. The van der Waals surface area contributed by atoms with Gasteiger partial charge in [0.1, 0.15) is 16.3 Å². The van der Waals surface area contributed by atoms with Crippen molar-refractivity contribution in [1.82, 2.24) is 9.55 Å². The average Bonchev–Trinajstić information content (AvgIpc) is 3.18. The summed E-state index contributed by atoms with van der Waals surface area (Å²) in [6.07, 6.45) is 0. The minimum Gasteiger partial charge on any atom is -0.323 e. The van der Waals surface area contributed by atoms with Crippen LogP contribution in [-0.2, 0) is 4.79 Å². The third kappa shape index (κ3) is 4.12. The number of halogens is 2. The maximum Gasteiger partial charge on any atom is 0.276 e. The summed E-state index contributed by atoms with van der Waals surface area (Å²) in [5.74, 6) is -2.06. The molecule has 0 spiro atoms. The Bertz CT molecular complexity index is 1320. The van der Waals surface area contributed by atoms with Crippen LogP contribution in [0.3, 0.4) is 0 Å². The van der Waals surface area contributed by atoms with E-state index in [4.69, 9.17) is 0 Å². The van der Waals surface area contributed by atoms with Gasteiger partial charge in [-0.3, -0.25) is 14.2 Å². The van der Waals surface area contributed by atoms with E-state index >= 15 is 0 Å². The van der Waals surface area contributed by atoms with E-state index in [9.17, 15) is 18.4 Å². The van der Waals surface area contributed by atoms with Crippen molar-refractivity contribution in [3.63, 3.8) is 0 Å². The highest BCUT2D eigenvalue weighted by Gasteiger charge is 2.16. The van der Waals surface area contributed by atoms with Gasteiger partial charge >= 0.3 is 0 Å². The number of carbonyl (C=O) groups is 1. The smallest absolute Gasteiger partial charge is 0.276 e. The van der Waals surface area contributed by atoms with Gasteiger partial charge in [0.05, 0.1) is 22.6 Å². The first-order valence-corrected chi connectivity index (χ1v) is 10.7. The number of hydrogen-bond donors (Lipinski definition) is 1. The molecule has 0 saturated carbocycles. The number of aromatic nitrogens is 2. The SMILES string of the molecule is Cc1cccc(-n2c(SCC(=O)Nc3cc(F)ccc3F)nc3ccsc3c2=O)c1. The molecule has 0 unspecified atom stereocenters. The molecule has 0 aliphatic carbocycles. The number of nitrogens with zero attached hydrogens (tertiary/aromatic N) is 2. The van der Waals surface area contributed by atoms with Crippen molar-refractivity contribution in [2.24, 2.45) is 0 Å². The fourth-order valence-corrected chi connectivity index (χ4v) is 4.47. The molecule has 0 fully saturated rings. The first kappa shape index (κ1) is 20.2. The lowest BCUT2D eigenvalue weighted by Crippen LogP contribution is -2.22. The predicted molar refractivity (Wildman–Crippen MR) is 116 cm³/mol. The molecule has 0 radical (unpaired) electrons. The van der Waals surface area contributed by atoms with Gasteiger partial charge in [0, 0.05) is 6.07 Å². The van der Waals surface area contributed by atoms with Crippen molar-refractivity contribution < 1.29 is 13.6 Å². The molecule has 1 N–H and O–H groups in total.